The van der Waals surface area contributed by atoms with Gasteiger partial charge in [-0.1, -0.05) is 6.58 Å². The van der Waals surface area contributed by atoms with E-state index in [-0.39, 0.29) is 0 Å². The zero-order valence-electron chi connectivity index (χ0n) is 16.2. The number of allylic oxidation sites excluding steroid dienone is 1. The van der Waals surface area contributed by atoms with Crippen LogP contribution in [-0.2, 0) is 6.42 Å². The van der Waals surface area contributed by atoms with E-state index in [4.69, 9.17) is 0 Å². The van der Waals surface area contributed by atoms with Crippen molar-refractivity contribution >= 4 is 39.1 Å². The van der Waals surface area contributed by atoms with Crippen molar-refractivity contribution in [2.75, 3.05) is 0 Å². The zero-order valence-corrected chi connectivity index (χ0v) is 17.0. The molecule has 0 atom stereocenters. The van der Waals surface area contributed by atoms with Gasteiger partial charge >= 0.3 is 0 Å². The minimum absolute atomic E-state index is 0.469. The number of aryl methyl sites for hydroxylation is 1. The molecule has 150 valence electrons. The number of hydrogen-bond donors (Lipinski definition) is 1. The molecule has 0 amide bonds. The van der Waals surface area contributed by atoms with E-state index < -0.39 is 11.6 Å². The Labute approximate surface area is 176 Å². The molecule has 0 saturated heterocycles. The molecule has 2 bridgehead atoms. The van der Waals surface area contributed by atoms with Gasteiger partial charge in [0.1, 0.15) is 11.6 Å². The van der Waals surface area contributed by atoms with Gasteiger partial charge in [0.15, 0.2) is 0 Å². The maximum Gasteiger partial charge on any atom is 0.134 e. The van der Waals surface area contributed by atoms with Crippen molar-refractivity contribution in [1.29, 1.82) is 0 Å². The number of hydrogen-bond acceptors (Lipinski definition) is 3. The molecule has 1 aliphatic rings. The van der Waals surface area contributed by atoms with Crippen molar-refractivity contribution in [2.45, 2.75) is 25.7 Å². The van der Waals surface area contributed by atoms with Crippen LogP contribution in [0.1, 0.15) is 41.8 Å². The van der Waals surface area contributed by atoms with Gasteiger partial charge in [-0.2, -0.15) is 5.10 Å². The highest BCUT2D eigenvalue weighted by atomic mass is 32.1. The lowest BCUT2D eigenvalue weighted by Gasteiger charge is -2.15. The van der Waals surface area contributed by atoms with E-state index in [2.05, 4.69) is 27.8 Å². The van der Waals surface area contributed by atoms with Crippen LogP contribution in [-0.4, -0.2) is 15.2 Å². The molecule has 0 aliphatic carbocycles. The van der Waals surface area contributed by atoms with Crippen LogP contribution in [0, 0.1) is 11.6 Å². The Morgan fingerprint density at radius 3 is 2.83 bits per heavy atom. The van der Waals surface area contributed by atoms with Crippen LogP contribution < -0.4 is 0 Å². The number of nitrogens with zero attached hydrogens (tertiary/aromatic N) is 2. The zero-order chi connectivity index (χ0) is 20.7. The van der Waals surface area contributed by atoms with Gasteiger partial charge in [0.25, 0.3) is 0 Å². The average Bonchev–Trinajstić information content (AvgIpc) is 3.39. The second-order valence-corrected chi connectivity index (χ2v) is 8.34. The molecule has 30 heavy (non-hydrogen) atoms. The number of fused-ring (bicyclic) bond motifs is 8. The maximum atomic E-state index is 14.9. The molecular weight excluding hydrogens is 400 g/mol. The van der Waals surface area contributed by atoms with Crippen LogP contribution in [0.5, 0.6) is 0 Å². The van der Waals surface area contributed by atoms with E-state index in [1.165, 1.54) is 6.07 Å². The molecule has 1 aromatic carbocycles. The molecule has 6 heteroatoms. The Morgan fingerprint density at radius 1 is 1.10 bits per heavy atom. The Kier molecular flexibility index (Phi) is 4.79. The van der Waals surface area contributed by atoms with Crippen molar-refractivity contribution in [2.24, 2.45) is 0 Å². The van der Waals surface area contributed by atoms with Crippen LogP contribution in [0.4, 0.5) is 8.78 Å². The highest BCUT2D eigenvalue weighted by Gasteiger charge is 2.20. The predicted octanol–water partition coefficient (Wildman–Crippen LogP) is 6.87. The Morgan fingerprint density at radius 2 is 1.97 bits per heavy atom. The SMILES string of the molecule is C=Cc1[nH]ncc1/C1=C/c2ncc(c3sccc23)-c2c(F)cc(F)cc2CCCC1. The molecule has 1 N–H and O–H groups in total. The number of thiophene rings is 1. The van der Waals surface area contributed by atoms with E-state index in [1.807, 2.05) is 17.6 Å². The first-order valence-electron chi connectivity index (χ1n) is 9.87. The summed E-state index contributed by atoms with van der Waals surface area (Å²) in [6, 6.07) is 4.43. The van der Waals surface area contributed by atoms with Gasteiger partial charge in [0, 0.05) is 39.0 Å². The molecule has 5 rings (SSSR count). The predicted molar refractivity (Wildman–Crippen MR) is 119 cm³/mol. The molecule has 0 unspecified atom stereocenters. The van der Waals surface area contributed by atoms with Gasteiger partial charge < -0.3 is 0 Å². The average molecular weight is 420 g/mol. The Hall–Kier alpha value is -3.12. The number of aromatic nitrogens is 3. The van der Waals surface area contributed by atoms with Crippen molar-refractivity contribution in [3.63, 3.8) is 0 Å². The summed E-state index contributed by atoms with van der Waals surface area (Å²) in [6.45, 7) is 3.87. The first-order valence-corrected chi connectivity index (χ1v) is 10.7. The van der Waals surface area contributed by atoms with Crippen molar-refractivity contribution in [3.05, 3.63) is 76.7 Å². The Balaban J connectivity index is 1.76. The lowest BCUT2D eigenvalue weighted by Crippen LogP contribution is -1.99. The van der Waals surface area contributed by atoms with Crippen LogP contribution >= 0.6 is 11.3 Å². The number of rotatable bonds is 2. The summed E-state index contributed by atoms with van der Waals surface area (Å²) in [5, 5.41) is 10.1. The topological polar surface area (TPSA) is 41.6 Å². The summed E-state index contributed by atoms with van der Waals surface area (Å²) in [6.07, 6.45) is 10.5. The summed E-state index contributed by atoms with van der Waals surface area (Å²) in [5.74, 6) is -1.07. The van der Waals surface area contributed by atoms with E-state index in [0.717, 1.165) is 63.5 Å². The number of nitrogens with one attached hydrogen (secondary N) is 1. The summed E-state index contributed by atoms with van der Waals surface area (Å²) >= 11 is 1.55. The monoisotopic (exact) mass is 419 g/mol. The third-order valence-corrected chi connectivity index (χ3v) is 6.54. The van der Waals surface area contributed by atoms with Crippen molar-refractivity contribution in [3.8, 4) is 11.1 Å². The number of halogens is 2. The van der Waals surface area contributed by atoms with E-state index in [1.54, 1.807) is 23.6 Å². The maximum absolute atomic E-state index is 14.9. The standard InChI is InChI=1S/C24H19F2N3S/c1-2-21-18(13-28-29-21)14-5-3-4-6-15-9-16(25)11-20(26)23(15)19-12-27-22(10-14)17-7-8-30-24(17)19/h2,7-13H,1,3-6H2,(H,28,29)/b14-10+. The van der Waals surface area contributed by atoms with Crippen LogP contribution in [0.15, 0.2) is 42.6 Å². The highest BCUT2D eigenvalue weighted by Crippen LogP contribution is 2.39. The van der Waals surface area contributed by atoms with Gasteiger partial charge in [-0.05, 0) is 66.5 Å². The molecule has 0 radical (unpaired) electrons. The minimum Gasteiger partial charge on any atom is -0.278 e. The van der Waals surface area contributed by atoms with Gasteiger partial charge in [-0.25, -0.2) is 8.78 Å². The van der Waals surface area contributed by atoms with Gasteiger partial charge in [0.2, 0.25) is 0 Å². The third kappa shape index (κ3) is 3.17. The van der Waals surface area contributed by atoms with Crippen LogP contribution in [0.3, 0.4) is 0 Å². The van der Waals surface area contributed by atoms with E-state index in [9.17, 15) is 8.78 Å². The summed E-state index contributed by atoms with van der Waals surface area (Å²) < 4.78 is 29.9. The molecule has 1 aliphatic heterocycles. The number of pyridine rings is 1. The molecule has 3 nitrogen and oxygen atoms in total. The molecule has 4 aromatic rings. The quantitative estimate of drug-likeness (QED) is 0.385. The fraction of sp³-hybridized carbons (Fsp3) is 0.167. The number of H-pyrrole nitrogens is 1. The normalized spacial score (nSPS) is 15.9. The molecule has 3 aromatic heterocycles. The largest absolute Gasteiger partial charge is 0.278 e. The van der Waals surface area contributed by atoms with E-state index >= 15 is 0 Å². The second kappa shape index (κ2) is 7.61. The summed E-state index contributed by atoms with van der Waals surface area (Å²) in [5.41, 5.74) is 5.73. The summed E-state index contributed by atoms with van der Waals surface area (Å²) in [4.78, 5) is 4.69. The fourth-order valence-electron chi connectivity index (χ4n) is 4.19. The van der Waals surface area contributed by atoms with Gasteiger partial charge in [-0.15, -0.1) is 11.3 Å². The van der Waals surface area contributed by atoms with Gasteiger partial charge in [-0.3, -0.25) is 10.1 Å². The lowest BCUT2D eigenvalue weighted by molar-refractivity contribution is 0.580. The smallest absolute Gasteiger partial charge is 0.134 e. The second-order valence-electron chi connectivity index (χ2n) is 7.42. The Bertz CT molecular complexity index is 1300. The molecule has 0 fully saturated rings. The highest BCUT2D eigenvalue weighted by molar-refractivity contribution is 7.17. The fourth-order valence-corrected chi connectivity index (χ4v) is 5.11. The first-order chi connectivity index (χ1) is 14.7. The third-order valence-electron chi connectivity index (χ3n) is 5.60. The number of benzene rings is 1. The van der Waals surface area contributed by atoms with Gasteiger partial charge in [0.05, 0.1) is 17.6 Å². The van der Waals surface area contributed by atoms with Crippen LogP contribution in [0.25, 0.3) is 38.9 Å². The minimum atomic E-state index is -0.542. The first kappa shape index (κ1) is 18.9. The summed E-state index contributed by atoms with van der Waals surface area (Å²) in [7, 11) is 0. The molecule has 0 saturated carbocycles. The van der Waals surface area contributed by atoms with Crippen molar-refractivity contribution < 1.29 is 8.78 Å². The number of aromatic amines is 1. The molecular formula is C24H19F2N3S. The van der Waals surface area contributed by atoms with E-state index in [0.29, 0.717) is 17.5 Å². The lowest BCUT2D eigenvalue weighted by atomic mass is 9.92. The van der Waals surface area contributed by atoms with Crippen molar-refractivity contribution in [1.82, 2.24) is 15.2 Å². The molecule has 0 spiro atoms. The molecule has 4 heterocycles. The van der Waals surface area contributed by atoms with Crippen LogP contribution in [0.2, 0.25) is 0 Å².